The summed E-state index contributed by atoms with van der Waals surface area (Å²) in [7, 11) is 1.75. The molecule has 1 saturated heterocycles. The first-order valence-electron chi connectivity index (χ1n) is 5.30. The van der Waals surface area contributed by atoms with Gasteiger partial charge in [-0.15, -0.1) is 0 Å². The van der Waals surface area contributed by atoms with Crippen molar-refractivity contribution in [3.63, 3.8) is 0 Å². The molecule has 1 rings (SSSR count). The van der Waals surface area contributed by atoms with E-state index in [0.717, 1.165) is 6.42 Å². The lowest BCUT2D eigenvalue weighted by atomic mass is 10.0. The molecule has 3 unspecified atom stereocenters. The van der Waals surface area contributed by atoms with Crippen LogP contribution < -0.4 is 0 Å². The van der Waals surface area contributed by atoms with E-state index in [1.807, 2.05) is 13.8 Å². The van der Waals surface area contributed by atoms with Crippen molar-refractivity contribution >= 4 is 5.91 Å². The zero-order valence-electron chi connectivity index (χ0n) is 9.56. The summed E-state index contributed by atoms with van der Waals surface area (Å²) in [6.07, 6.45) is 0.977. The van der Waals surface area contributed by atoms with Crippen LogP contribution >= 0.6 is 0 Å². The number of amides is 1. The Balaban J connectivity index is 2.43. The summed E-state index contributed by atoms with van der Waals surface area (Å²) in [5.74, 6) is -0.0314. The highest BCUT2D eigenvalue weighted by Crippen LogP contribution is 2.21. The molecule has 0 aromatic carbocycles. The number of hydrogen-bond acceptors (Lipinski definition) is 3. The summed E-state index contributed by atoms with van der Waals surface area (Å²) < 4.78 is 5.36. The maximum atomic E-state index is 11.9. The fraction of sp³-hybridized carbons (Fsp3) is 0.818. The molecule has 0 aromatic rings. The van der Waals surface area contributed by atoms with Gasteiger partial charge in [-0.25, -0.2) is 0 Å². The van der Waals surface area contributed by atoms with Gasteiger partial charge in [-0.2, -0.15) is 5.26 Å². The smallest absolute Gasteiger partial charge is 0.227 e. The van der Waals surface area contributed by atoms with Crippen molar-refractivity contribution in [1.82, 2.24) is 4.90 Å². The minimum absolute atomic E-state index is 0.0177. The van der Waals surface area contributed by atoms with Crippen molar-refractivity contribution in [3.05, 3.63) is 0 Å². The van der Waals surface area contributed by atoms with E-state index in [0.29, 0.717) is 13.2 Å². The van der Waals surface area contributed by atoms with Gasteiger partial charge < -0.3 is 9.64 Å². The lowest BCUT2D eigenvalue weighted by molar-refractivity contribution is -0.134. The highest BCUT2D eigenvalue weighted by atomic mass is 16.5. The monoisotopic (exact) mass is 210 g/mol. The number of hydrogen-bond donors (Lipinski definition) is 0. The molecule has 0 spiro atoms. The standard InChI is InChI=1S/C11H18N2O2/c1-8(5-12)6-13(3)11(14)10-4-9(2)15-7-10/h8-10H,4,6-7H2,1-3H3. The van der Waals surface area contributed by atoms with Gasteiger partial charge in [-0.1, -0.05) is 0 Å². The Morgan fingerprint density at radius 2 is 2.40 bits per heavy atom. The van der Waals surface area contributed by atoms with Crippen molar-refractivity contribution in [3.8, 4) is 6.07 Å². The average molecular weight is 210 g/mol. The Morgan fingerprint density at radius 3 is 2.87 bits per heavy atom. The number of rotatable bonds is 3. The topological polar surface area (TPSA) is 53.3 Å². The molecule has 1 heterocycles. The van der Waals surface area contributed by atoms with Crippen LogP contribution in [0.4, 0.5) is 0 Å². The van der Waals surface area contributed by atoms with E-state index >= 15 is 0 Å². The first kappa shape index (κ1) is 12.0. The van der Waals surface area contributed by atoms with Gasteiger partial charge in [0.25, 0.3) is 0 Å². The van der Waals surface area contributed by atoms with Crippen LogP contribution in [0.15, 0.2) is 0 Å². The predicted octanol–water partition coefficient (Wildman–Crippen LogP) is 1.03. The molecule has 84 valence electrons. The van der Waals surface area contributed by atoms with Gasteiger partial charge in [0.2, 0.25) is 5.91 Å². The molecule has 0 N–H and O–H groups in total. The predicted molar refractivity (Wildman–Crippen MR) is 55.9 cm³/mol. The van der Waals surface area contributed by atoms with E-state index in [9.17, 15) is 4.79 Å². The summed E-state index contributed by atoms with van der Waals surface area (Å²) in [5.41, 5.74) is 0. The lowest BCUT2D eigenvalue weighted by Crippen LogP contribution is -2.36. The summed E-state index contributed by atoms with van der Waals surface area (Å²) in [6.45, 7) is 4.81. The van der Waals surface area contributed by atoms with Crippen LogP contribution in [0.1, 0.15) is 20.3 Å². The molecule has 4 nitrogen and oxygen atoms in total. The fourth-order valence-corrected chi connectivity index (χ4v) is 1.84. The SMILES string of the molecule is CC(C#N)CN(C)C(=O)C1COC(C)C1. The third-order valence-electron chi connectivity index (χ3n) is 2.69. The minimum atomic E-state index is -0.112. The molecule has 0 bridgehead atoms. The molecule has 4 heteroatoms. The number of carbonyl (C=O) groups excluding carboxylic acids is 1. The Labute approximate surface area is 90.8 Å². The van der Waals surface area contributed by atoms with Gasteiger partial charge >= 0.3 is 0 Å². The van der Waals surface area contributed by atoms with Crippen LogP contribution in [0, 0.1) is 23.2 Å². The summed E-state index contributed by atoms with van der Waals surface area (Å²) in [6, 6.07) is 2.12. The Morgan fingerprint density at radius 1 is 1.73 bits per heavy atom. The average Bonchev–Trinajstić information content (AvgIpc) is 2.63. The molecule has 1 aliphatic heterocycles. The van der Waals surface area contributed by atoms with Crippen LogP contribution in [0.3, 0.4) is 0 Å². The van der Waals surface area contributed by atoms with Gasteiger partial charge in [0.05, 0.1) is 30.6 Å². The van der Waals surface area contributed by atoms with E-state index in [1.54, 1.807) is 11.9 Å². The van der Waals surface area contributed by atoms with Crippen molar-refractivity contribution in [2.75, 3.05) is 20.2 Å². The number of nitrogens with zero attached hydrogens (tertiary/aromatic N) is 2. The quantitative estimate of drug-likeness (QED) is 0.699. The third kappa shape index (κ3) is 3.21. The van der Waals surface area contributed by atoms with E-state index in [4.69, 9.17) is 10.00 Å². The van der Waals surface area contributed by atoms with Crippen molar-refractivity contribution in [2.24, 2.45) is 11.8 Å². The normalized spacial score (nSPS) is 27.1. The maximum Gasteiger partial charge on any atom is 0.227 e. The van der Waals surface area contributed by atoms with Crippen LogP contribution in [-0.4, -0.2) is 37.1 Å². The second-order valence-corrected chi connectivity index (χ2v) is 4.33. The van der Waals surface area contributed by atoms with Crippen molar-refractivity contribution < 1.29 is 9.53 Å². The number of ether oxygens (including phenoxy) is 1. The van der Waals surface area contributed by atoms with Gasteiger partial charge in [0, 0.05) is 13.6 Å². The number of carbonyl (C=O) groups is 1. The largest absolute Gasteiger partial charge is 0.378 e. The van der Waals surface area contributed by atoms with Crippen LogP contribution in [0.5, 0.6) is 0 Å². The van der Waals surface area contributed by atoms with E-state index in [1.165, 1.54) is 0 Å². The highest BCUT2D eigenvalue weighted by Gasteiger charge is 2.30. The van der Waals surface area contributed by atoms with Gasteiger partial charge in [0.1, 0.15) is 0 Å². The zero-order valence-corrected chi connectivity index (χ0v) is 9.56. The second kappa shape index (κ2) is 5.13. The summed E-state index contributed by atoms with van der Waals surface area (Å²) in [5, 5.41) is 8.66. The summed E-state index contributed by atoms with van der Waals surface area (Å²) >= 11 is 0. The Hall–Kier alpha value is -1.08. The number of nitriles is 1. The van der Waals surface area contributed by atoms with E-state index in [-0.39, 0.29) is 23.8 Å². The van der Waals surface area contributed by atoms with Crippen LogP contribution in [0.2, 0.25) is 0 Å². The van der Waals surface area contributed by atoms with Crippen LogP contribution in [0.25, 0.3) is 0 Å². The van der Waals surface area contributed by atoms with Crippen molar-refractivity contribution in [2.45, 2.75) is 26.4 Å². The van der Waals surface area contributed by atoms with Gasteiger partial charge in [-0.05, 0) is 20.3 Å². The molecule has 1 amide bonds. The third-order valence-corrected chi connectivity index (χ3v) is 2.69. The molecular weight excluding hydrogens is 192 g/mol. The molecular formula is C11H18N2O2. The van der Waals surface area contributed by atoms with E-state index in [2.05, 4.69) is 6.07 Å². The fourth-order valence-electron chi connectivity index (χ4n) is 1.84. The minimum Gasteiger partial charge on any atom is -0.378 e. The van der Waals surface area contributed by atoms with Gasteiger partial charge in [0.15, 0.2) is 0 Å². The molecule has 1 fully saturated rings. The maximum absolute atomic E-state index is 11.9. The van der Waals surface area contributed by atoms with Crippen molar-refractivity contribution in [1.29, 1.82) is 5.26 Å². The lowest BCUT2D eigenvalue weighted by Gasteiger charge is -2.21. The van der Waals surface area contributed by atoms with Crippen LogP contribution in [-0.2, 0) is 9.53 Å². The summed E-state index contributed by atoms with van der Waals surface area (Å²) in [4.78, 5) is 13.5. The molecule has 1 aliphatic rings. The van der Waals surface area contributed by atoms with E-state index < -0.39 is 0 Å². The first-order chi connectivity index (χ1) is 7.04. The highest BCUT2D eigenvalue weighted by molar-refractivity contribution is 5.79. The molecule has 0 radical (unpaired) electrons. The molecule has 3 atom stereocenters. The Kier molecular flexibility index (Phi) is 4.10. The Bertz CT molecular complexity index is 272. The molecule has 0 aromatic heterocycles. The first-order valence-corrected chi connectivity index (χ1v) is 5.30. The van der Waals surface area contributed by atoms with Gasteiger partial charge in [-0.3, -0.25) is 4.79 Å². The zero-order chi connectivity index (χ0) is 11.4. The molecule has 0 saturated carbocycles. The molecule has 0 aliphatic carbocycles. The second-order valence-electron chi connectivity index (χ2n) is 4.33. The molecule has 15 heavy (non-hydrogen) atoms.